The summed E-state index contributed by atoms with van der Waals surface area (Å²) in [4.78, 5) is 13.0. The molecule has 4 rings (SSSR count). The van der Waals surface area contributed by atoms with Crippen molar-refractivity contribution in [3.63, 3.8) is 0 Å². The predicted octanol–water partition coefficient (Wildman–Crippen LogP) is 4.96. The molecule has 1 aliphatic heterocycles. The molecule has 5 nitrogen and oxygen atoms in total. The Balaban J connectivity index is 1.53. The Morgan fingerprint density at radius 1 is 0.968 bits per heavy atom. The van der Waals surface area contributed by atoms with Crippen molar-refractivity contribution in [2.45, 2.75) is 37.0 Å². The number of para-hydroxylation sites is 1. The van der Waals surface area contributed by atoms with Crippen molar-refractivity contribution in [1.82, 2.24) is 0 Å². The fourth-order valence-electron chi connectivity index (χ4n) is 4.07. The standard InChI is InChI=1S/C25H26N2O3S/c1-2-23(19-9-4-3-5-10-19)25(28)26-21-14-16-22(17-15-21)31(29,30)27-18-8-12-20-11-6-7-13-24(20)27/h3-7,9-11,13-17,23H,2,8,12,18H2,1H3,(H,26,28). The lowest BCUT2D eigenvalue weighted by Gasteiger charge is -2.30. The van der Waals surface area contributed by atoms with Gasteiger partial charge in [-0.3, -0.25) is 9.10 Å². The van der Waals surface area contributed by atoms with E-state index in [2.05, 4.69) is 5.32 Å². The topological polar surface area (TPSA) is 66.5 Å². The SMILES string of the molecule is CCC(C(=O)Nc1ccc(S(=O)(=O)N2CCCc3ccccc32)cc1)c1ccccc1. The third-order valence-corrected chi connectivity index (χ3v) is 7.53. The molecular formula is C25H26N2O3S. The van der Waals surface area contributed by atoms with E-state index in [1.165, 1.54) is 4.31 Å². The molecule has 0 bridgehead atoms. The van der Waals surface area contributed by atoms with Crippen LogP contribution in [0.3, 0.4) is 0 Å². The molecule has 3 aromatic rings. The van der Waals surface area contributed by atoms with E-state index in [9.17, 15) is 13.2 Å². The van der Waals surface area contributed by atoms with E-state index in [-0.39, 0.29) is 16.7 Å². The van der Waals surface area contributed by atoms with E-state index in [0.29, 0.717) is 18.7 Å². The van der Waals surface area contributed by atoms with Gasteiger partial charge in [-0.05, 0) is 60.7 Å². The van der Waals surface area contributed by atoms with Crippen LogP contribution in [0.2, 0.25) is 0 Å². The van der Waals surface area contributed by atoms with Gasteiger partial charge in [-0.2, -0.15) is 0 Å². The highest BCUT2D eigenvalue weighted by molar-refractivity contribution is 7.92. The Bertz CT molecular complexity index is 1160. The zero-order valence-corrected chi connectivity index (χ0v) is 18.3. The quantitative estimate of drug-likeness (QED) is 0.596. The fraction of sp³-hybridized carbons (Fsp3) is 0.240. The van der Waals surface area contributed by atoms with Crippen molar-refractivity contribution in [3.05, 3.63) is 90.0 Å². The van der Waals surface area contributed by atoms with Crippen LogP contribution in [-0.4, -0.2) is 20.9 Å². The second kappa shape index (κ2) is 8.94. The van der Waals surface area contributed by atoms with Gasteiger partial charge in [-0.1, -0.05) is 55.5 Å². The monoisotopic (exact) mass is 434 g/mol. The lowest BCUT2D eigenvalue weighted by Crippen LogP contribution is -2.35. The molecule has 1 amide bonds. The number of aryl methyl sites for hydroxylation is 1. The van der Waals surface area contributed by atoms with Gasteiger partial charge in [-0.15, -0.1) is 0 Å². The van der Waals surface area contributed by atoms with Crippen molar-refractivity contribution in [3.8, 4) is 0 Å². The molecule has 1 N–H and O–H groups in total. The number of hydrogen-bond acceptors (Lipinski definition) is 3. The summed E-state index contributed by atoms with van der Waals surface area (Å²) in [6.45, 7) is 2.44. The molecule has 0 aliphatic carbocycles. The van der Waals surface area contributed by atoms with E-state index in [0.717, 1.165) is 29.7 Å². The second-order valence-corrected chi connectivity index (χ2v) is 9.56. The van der Waals surface area contributed by atoms with Gasteiger partial charge < -0.3 is 5.32 Å². The highest BCUT2D eigenvalue weighted by Gasteiger charge is 2.29. The van der Waals surface area contributed by atoms with E-state index in [1.54, 1.807) is 24.3 Å². The highest BCUT2D eigenvalue weighted by atomic mass is 32.2. The molecular weight excluding hydrogens is 408 g/mol. The van der Waals surface area contributed by atoms with Crippen LogP contribution < -0.4 is 9.62 Å². The van der Waals surface area contributed by atoms with Gasteiger partial charge in [0, 0.05) is 12.2 Å². The average molecular weight is 435 g/mol. The van der Waals surface area contributed by atoms with E-state index in [4.69, 9.17) is 0 Å². The molecule has 1 aliphatic rings. The minimum absolute atomic E-state index is 0.103. The summed E-state index contributed by atoms with van der Waals surface area (Å²) in [5.74, 6) is -0.358. The van der Waals surface area contributed by atoms with Gasteiger partial charge in [0.15, 0.2) is 0 Å². The van der Waals surface area contributed by atoms with Gasteiger partial charge in [0.2, 0.25) is 5.91 Å². The summed E-state index contributed by atoms with van der Waals surface area (Å²) in [6, 6.07) is 23.7. The first-order chi connectivity index (χ1) is 15.0. The van der Waals surface area contributed by atoms with E-state index in [1.807, 2.05) is 61.5 Å². The zero-order valence-electron chi connectivity index (χ0n) is 17.5. The first kappa shape index (κ1) is 21.1. The molecule has 160 valence electrons. The van der Waals surface area contributed by atoms with Gasteiger partial charge in [0.1, 0.15) is 0 Å². The van der Waals surface area contributed by atoms with Gasteiger partial charge in [0.05, 0.1) is 16.5 Å². The van der Waals surface area contributed by atoms with Gasteiger partial charge in [0.25, 0.3) is 10.0 Å². The van der Waals surface area contributed by atoms with Crippen LogP contribution in [0.1, 0.15) is 36.8 Å². The van der Waals surface area contributed by atoms with Crippen LogP contribution in [-0.2, 0) is 21.2 Å². The van der Waals surface area contributed by atoms with Crippen LogP contribution in [0.15, 0.2) is 83.8 Å². The molecule has 1 atom stereocenters. The van der Waals surface area contributed by atoms with Crippen LogP contribution in [0.25, 0.3) is 0 Å². The number of fused-ring (bicyclic) bond motifs is 1. The van der Waals surface area contributed by atoms with Gasteiger partial charge >= 0.3 is 0 Å². The summed E-state index contributed by atoms with van der Waals surface area (Å²) in [5.41, 5.74) is 3.34. The number of nitrogens with zero attached hydrogens (tertiary/aromatic N) is 1. The minimum atomic E-state index is -3.66. The molecule has 31 heavy (non-hydrogen) atoms. The molecule has 0 aromatic heterocycles. The maximum absolute atomic E-state index is 13.3. The Kier molecular flexibility index (Phi) is 6.09. The number of amides is 1. The van der Waals surface area contributed by atoms with Crippen molar-refractivity contribution >= 4 is 27.3 Å². The molecule has 0 spiro atoms. The number of benzene rings is 3. The molecule has 1 heterocycles. The molecule has 0 saturated carbocycles. The maximum atomic E-state index is 13.3. The van der Waals surface area contributed by atoms with E-state index >= 15 is 0 Å². The first-order valence-electron chi connectivity index (χ1n) is 10.6. The third kappa shape index (κ3) is 4.35. The fourth-order valence-corrected chi connectivity index (χ4v) is 5.61. The number of sulfonamides is 1. The lowest BCUT2D eigenvalue weighted by molar-refractivity contribution is -0.117. The largest absolute Gasteiger partial charge is 0.326 e. The summed E-state index contributed by atoms with van der Waals surface area (Å²) in [7, 11) is -3.66. The number of carbonyl (C=O) groups excluding carboxylic acids is 1. The van der Waals surface area contributed by atoms with Gasteiger partial charge in [-0.25, -0.2) is 8.42 Å². The Hall–Kier alpha value is -3.12. The van der Waals surface area contributed by atoms with Crippen molar-refractivity contribution < 1.29 is 13.2 Å². The Morgan fingerprint density at radius 3 is 2.35 bits per heavy atom. The number of rotatable bonds is 6. The number of nitrogens with one attached hydrogen (secondary N) is 1. The third-order valence-electron chi connectivity index (χ3n) is 5.70. The minimum Gasteiger partial charge on any atom is -0.326 e. The molecule has 0 radical (unpaired) electrons. The molecule has 0 fully saturated rings. The van der Waals surface area contributed by atoms with Crippen LogP contribution >= 0.6 is 0 Å². The number of hydrogen-bond donors (Lipinski definition) is 1. The second-order valence-electron chi connectivity index (χ2n) is 7.69. The molecule has 1 unspecified atom stereocenters. The maximum Gasteiger partial charge on any atom is 0.264 e. The first-order valence-corrected chi connectivity index (χ1v) is 12.0. The van der Waals surface area contributed by atoms with Crippen LogP contribution in [0.5, 0.6) is 0 Å². The zero-order chi connectivity index (χ0) is 21.8. The summed E-state index contributed by atoms with van der Waals surface area (Å²) in [6.07, 6.45) is 2.35. The van der Waals surface area contributed by atoms with Crippen LogP contribution in [0, 0.1) is 0 Å². The van der Waals surface area contributed by atoms with Crippen molar-refractivity contribution in [2.75, 3.05) is 16.2 Å². The summed E-state index contributed by atoms with van der Waals surface area (Å²) >= 11 is 0. The Morgan fingerprint density at radius 2 is 1.65 bits per heavy atom. The smallest absolute Gasteiger partial charge is 0.264 e. The van der Waals surface area contributed by atoms with Crippen molar-refractivity contribution in [1.29, 1.82) is 0 Å². The lowest BCUT2D eigenvalue weighted by atomic mass is 9.95. The van der Waals surface area contributed by atoms with E-state index < -0.39 is 10.0 Å². The predicted molar refractivity (Wildman–Crippen MR) is 124 cm³/mol. The molecule has 0 saturated heterocycles. The molecule has 6 heteroatoms. The molecule has 3 aromatic carbocycles. The van der Waals surface area contributed by atoms with Crippen molar-refractivity contribution in [2.24, 2.45) is 0 Å². The van der Waals surface area contributed by atoms with Crippen LogP contribution in [0.4, 0.5) is 11.4 Å². The number of carbonyl (C=O) groups is 1. The normalized spacial score (nSPS) is 14.5. The summed E-state index contributed by atoms with van der Waals surface area (Å²) in [5, 5.41) is 2.92. The highest BCUT2D eigenvalue weighted by Crippen LogP contribution is 2.32. The summed E-state index contributed by atoms with van der Waals surface area (Å²) < 4.78 is 28.0. The Labute approximate surface area is 183 Å². The average Bonchev–Trinajstić information content (AvgIpc) is 2.80. The number of anilines is 2.